The van der Waals surface area contributed by atoms with Crippen molar-refractivity contribution in [3.05, 3.63) is 88.0 Å². The second kappa shape index (κ2) is 11.6. The van der Waals surface area contributed by atoms with E-state index in [1.807, 2.05) is 63.9 Å². The smallest absolute Gasteiger partial charge is 0.478 e. The third-order valence-electron chi connectivity index (χ3n) is 1.88. The fourth-order valence-corrected chi connectivity index (χ4v) is 1.13. The van der Waals surface area contributed by atoms with E-state index >= 15 is 0 Å². The Morgan fingerprint density at radius 3 is 1.83 bits per heavy atom. The summed E-state index contributed by atoms with van der Waals surface area (Å²) in [7, 11) is 0. The topological polar surface area (TPSA) is 37.3 Å². The number of rotatable bonds is 3. The van der Waals surface area contributed by atoms with E-state index in [9.17, 15) is 4.79 Å². The molecule has 2 saturated carbocycles. The molecule has 0 aromatic rings. The first kappa shape index (κ1) is 17.5. The van der Waals surface area contributed by atoms with Gasteiger partial charge in [-0.15, -0.1) is 0 Å². The summed E-state index contributed by atoms with van der Waals surface area (Å²) < 4.78 is 0. The van der Waals surface area contributed by atoms with Crippen LogP contribution in [0.5, 0.6) is 0 Å². The molecule has 0 aromatic carbocycles. The zero-order valence-electron chi connectivity index (χ0n) is 9.71. The van der Waals surface area contributed by atoms with Gasteiger partial charge in [0, 0.05) is 12.0 Å². The van der Waals surface area contributed by atoms with E-state index in [0.717, 1.165) is 12.0 Å². The Labute approximate surface area is 121 Å². The molecule has 2 nitrogen and oxygen atoms in total. The van der Waals surface area contributed by atoms with Gasteiger partial charge in [-0.25, -0.2) is 4.79 Å². The summed E-state index contributed by atoms with van der Waals surface area (Å²) in [5.41, 5.74) is 0. The van der Waals surface area contributed by atoms with Crippen LogP contribution in [-0.4, -0.2) is 11.1 Å². The summed E-state index contributed by atoms with van der Waals surface area (Å²) in [6.07, 6.45) is 23.9. The van der Waals surface area contributed by atoms with Crippen molar-refractivity contribution in [2.24, 2.45) is 0 Å². The Morgan fingerprint density at radius 1 is 0.889 bits per heavy atom. The van der Waals surface area contributed by atoms with Crippen molar-refractivity contribution in [3.8, 4) is 0 Å². The van der Waals surface area contributed by atoms with Crippen LogP contribution in [0.2, 0.25) is 0 Å². The van der Waals surface area contributed by atoms with Crippen molar-refractivity contribution in [1.82, 2.24) is 0 Å². The molecule has 2 rings (SSSR count). The average Bonchev–Trinajstić information content (AvgIpc) is 2.99. The molecule has 0 bridgehead atoms. The number of carboxylic acids is 1. The Morgan fingerprint density at radius 2 is 1.39 bits per heavy atom. The third kappa shape index (κ3) is 9.49. The molecule has 10 radical (unpaired) electrons. The fourth-order valence-electron chi connectivity index (χ4n) is 1.13. The number of aliphatic carboxylic acids is 1. The summed E-state index contributed by atoms with van der Waals surface area (Å²) in [5.74, 6) is 0.146. The molecule has 0 unspecified atom stereocenters. The molecule has 92 valence electrons. The van der Waals surface area contributed by atoms with E-state index in [2.05, 4.69) is 0 Å². The molecule has 0 aliphatic heterocycles. The molecule has 0 heterocycles. The van der Waals surface area contributed by atoms with Gasteiger partial charge in [0.25, 0.3) is 0 Å². The molecule has 18 heavy (non-hydrogen) atoms. The minimum absolute atomic E-state index is 0. The summed E-state index contributed by atoms with van der Waals surface area (Å²) >= 11 is 0. The van der Waals surface area contributed by atoms with Crippen LogP contribution in [0.3, 0.4) is 0 Å². The normalized spacial score (nSPS) is 19.8. The SMILES string of the molecule is O=C(O)/C=C/C=C/[C]1[CH][CH][CH][CH]1.[CH]1[CH][CH][CH][CH]1.[Fe+2]. The van der Waals surface area contributed by atoms with Crippen LogP contribution in [0.25, 0.3) is 0 Å². The van der Waals surface area contributed by atoms with Crippen molar-refractivity contribution in [1.29, 1.82) is 0 Å². The second-order valence-corrected chi connectivity index (χ2v) is 3.24. The fraction of sp³-hybridized carbons (Fsp3) is 0. The predicted octanol–water partition coefficient (Wildman–Crippen LogP) is 2.61. The standard InChI is InChI=1S/C10H9O2.C5H5.Fe/c11-10(12)8-4-3-7-9-5-1-2-6-9;1-2-4-5-3-1;/h1-8H,(H,11,12);1-5H;/q;;+2/b7-3+,8-4+;;. The molecule has 0 saturated heterocycles. The molecule has 2 aliphatic rings. The van der Waals surface area contributed by atoms with Gasteiger partial charge in [0.05, 0.1) is 0 Å². The molecular weight excluding hydrogens is 268 g/mol. The van der Waals surface area contributed by atoms with E-state index < -0.39 is 5.97 Å². The Kier molecular flexibility index (Phi) is 11.2. The molecule has 0 aromatic heterocycles. The Hall–Kier alpha value is -0.531. The first-order chi connectivity index (χ1) is 8.29. The van der Waals surface area contributed by atoms with Crippen LogP contribution in [-0.2, 0) is 21.9 Å². The summed E-state index contributed by atoms with van der Waals surface area (Å²) in [5, 5.41) is 8.25. The van der Waals surface area contributed by atoms with E-state index in [4.69, 9.17) is 5.11 Å². The van der Waals surface area contributed by atoms with Gasteiger partial charge in [-0.3, -0.25) is 0 Å². The van der Waals surface area contributed by atoms with E-state index in [1.54, 1.807) is 6.08 Å². The first-order valence-corrected chi connectivity index (χ1v) is 5.25. The van der Waals surface area contributed by atoms with Crippen molar-refractivity contribution < 1.29 is 27.0 Å². The molecular formula is C15H14FeO2+2. The Bertz CT molecular complexity index is 254. The maximum absolute atomic E-state index is 10.0. The van der Waals surface area contributed by atoms with Crippen molar-refractivity contribution in [2.75, 3.05) is 0 Å². The average molecular weight is 282 g/mol. The zero-order valence-corrected chi connectivity index (χ0v) is 10.8. The molecule has 2 aliphatic carbocycles. The monoisotopic (exact) mass is 282 g/mol. The molecule has 0 spiro atoms. The van der Waals surface area contributed by atoms with Crippen molar-refractivity contribution >= 4 is 5.97 Å². The van der Waals surface area contributed by atoms with Crippen molar-refractivity contribution in [3.63, 3.8) is 0 Å². The van der Waals surface area contributed by atoms with E-state index in [1.165, 1.54) is 6.08 Å². The van der Waals surface area contributed by atoms with Gasteiger partial charge in [-0.1, -0.05) is 18.2 Å². The minimum atomic E-state index is -0.929. The van der Waals surface area contributed by atoms with Crippen LogP contribution in [0, 0.1) is 63.7 Å². The first-order valence-electron chi connectivity index (χ1n) is 5.25. The van der Waals surface area contributed by atoms with E-state index in [-0.39, 0.29) is 17.1 Å². The van der Waals surface area contributed by atoms with Gasteiger partial charge in [0.1, 0.15) is 0 Å². The van der Waals surface area contributed by atoms with Crippen LogP contribution in [0.15, 0.2) is 24.3 Å². The summed E-state index contributed by atoms with van der Waals surface area (Å²) in [6, 6.07) is 0. The van der Waals surface area contributed by atoms with Crippen LogP contribution >= 0.6 is 0 Å². The van der Waals surface area contributed by atoms with Crippen molar-refractivity contribution in [2.45, 2.75) is 0 Å². The van der Waals surface area contributed by atoms with Gasteiger partial charge in [0.15, 0.2) is 0 Å². The molecule has 3 heteroatoms. The van der Waals surface area contributed by atoms with Gasteiger partial charge < -0.3 is 5.11 Å². The van der Waals surface area contributed by atoms with Gasteiger partial charge >= 0.3 is 23.0 Å². The van der Waals surface area contributed by atoms with Gasteiger partial charge in [-0.05, 0) is 57.8 Å². The molecule has 2 fully saturated rings. The number of carbonyl (C=O) groups is 1. The number of allylic oxidation sites excluding steroid dienone is 3. The quantitative estimate of drug-likeness (QED) is 0.491. The van der Waals surface area contributed by atoms with Crippen LogP contribution in [0.1, 0.15) is 0 Å². The number of hydrogen-bond donors (Lipinski definition) is 1. The third-order valence-corrected chi connectivity index (χ3v) is 1.88. The molecule has 1 N–H and O–H groups in total. The van der Waals surface area contributed by atoms with Crippen LogP contribution in [0.4, 0.5) is 0 Å². The summed E-state index contributed by atoms with van der Waals surface area (Å²) in [4.78, 5) is 10.0. The molecule has 0 atom stereocenters. The maximum Gasteiger partial charge on any atom is 2.00 e. The largest absolute Gasteiger partial charge is 2.00 e. The summed E-state index contributed by atoms with van der Waals surface area (Å²) in [6.45, 7) is 0. The zero-order chi connectivity index (χ0) is 12.3. The van der Waals surface area contributed by atoms with Crippen LogP contribution < -0.4 is 0 Å². The maximum atomic E-state index is 10.0. The minimum Gasteiger partial charge on any atom is -0.478 e. The molecule has 0 amide bonds. The predicted molar refractivity (Wildman–Crippen MR) is 67.9 cm³/mol. The number of carboxylic acid groups (broad SMARTS) is 1. The van der Waals surface area contributed by atoms with Gasteiger partial charge in [-0.2, -0.15) is 0 Å². The Balaban J connectivity index is 0.000000405. The number of hydrogen-bond acceptors (Lipinski definition) is 1. The van der Waals surface area contributed by atoms with E-state index in [0.29, 0.717) is 0 Å². The van der Waals surface area contributed by atoms with Gasteiger partial charge in [0.2, 0.25) is 0 Å². The second-order valence-electron chi connectivity index (χ2n) is 3.24.